The molecule has 1 fully saturated rings. The molecule has 2 N–H and O–H groups in total. The van der Waals surface area contributed by atoms with Crippen molar-refractivity contribution in [1.29, 1.82) is 0 Å². The van der Waals surface area contributed by atoms with E-state index < -0.39 is 0 Å². The number of hydrogen-bond acceptors (Lipinski definition) is 3. The molecule has 0 aromatic carbocycles. The number of nitrogens with zero attached hydrogens (tertiary/aromatic N) is 1. The molecule has 96 valence electrons. The summed E-state index contributed by atoms with van der Waals surface area (Å²) >= 11 is 0. The monoisotopic (exact) mass is 228 g/mol. The Morgan fingerprint density at radius 3 is 1.88 bits per heavy atom. The summed E-state index contributed by atoms with van der Waals surface area (Å²) in [6.45, 7) is 16.1. The van der Waals surface area contributed by atoms with Crippen molar-refractivity contribution < 1.29 is 4.74 Å². The van der Waals surface area contributed by atoms with Gasteiger partial charge in [-0.3, -0.25) is 0 Å². The van der Waals surface area contributed by atoms with Gasteiger partial charge in [0.05, 0.1) is 11.2 Å². The quantitative estimate of drug-likeness (QED) is 0.798. The minimum absolute atomic E-state index is 0.114. The highest BCUT2D eigenvalue weighted by molar-refractivity contribution is 5.04. The zero-order valence-corrected chi connectivity index (χ0v) is 11.7. The molecule has 0 aromatic rings. The molecule has 3 heteroatoms. The second kappa shape index (κ2) is 4.63. The smallest absolute Gasteiger partial charge is 0.0788 e. The maximum Gasteiger partial charge on any atom is 0.0788 e. The van der Waals surface area contributed by atoms with Crippen molar-refractivity contribution in [2.24, 2.45) is 11.7 Å². The van der Waals surface area contributed by atoms with Gasteiger partial charge in [0.15, 0.2) is 0 Å². The Balaban J connectivity index is 2.78. The first-order valence-electron chi connectivity index (χ1n) is 6.42. The van der Waals surface area contributed by atoms with Crippen LogP contribution in [0.25, 0.3) is 0 Å². The fourth-order valence-electron chi connectivity index (χ4n) is 2.83. The Labute approximate surface area is 100 Å². The van der Waals surface area contributed by atoms with Crippen molar-refractivity contribution in [2.75, 3.05) is 19.6 Å². The van der Waals surface area contributed by atoms with Gasteiger partial charge in [0.1, 0.15) is 0 Å². The van der Waals surface area contributed by atoms with Crippen molar-refractivity contribution in [1.82, 2.24) is 4.90 Å². The molecule has 0 aliphatic carbocycles. The van der Waals surface area contributed by atoms with Gasteiger partial charge in [0, 0.05) is 18.5 Å². The summed E-state index contributed by atoms with van der Waals surface area (Å²) in [4.78, 5) is 2.43. The second-order valence-corrected chi connectivity index (χ2v) is 5.93. The molecular weight excluding hydrogens is 200 g/mol. The van der Waals surface area contributed by atoms with Crippen molar-refractivity contribution in [3.63, 3.8) is 0 Å². The number of nitrogens with two attached hydrogens (primary N) is 1. The summed E-state index contributed by atoms with van der Waals surface area (Å²) in [5, 5.41) is 0. The molecular formula is C13H28N2O. The van der Waals surface area contributed by atoms with E-state index in [2.05, 4.69) is 46.4 Å². The molecule has 1 saturated heterocycles. The zero-order valence-electron chi connectivity index (χ0n) is 11.7. The normalized spacial score (nSPS) is 32.2. The van der Waals surface area contributed by atoms with E-state index in [-0.39, 0.29) is 17.2 Å². The minimum atomic E-state index is -0.207. The first-order chi connectivity index (χ1) is 7.24. The van der Waals surface area contributed by atoms with Crippen molar-refractivity contribution >= 4 is 0 Å². The van der Waals surface area contributed by atoms with Crippen LogP contribution in [-0.2, 0) is 4.74 Å². The van der Waals surface area contributed by atoms with Crippen molar-refractivity contribution in [2.45, 2.75) is 58.8 Å². The molecule has 0 radical (unpaired) electrons. The van der Waals surface area contributed by atoms with E-state index in [9.17, 15) is 0 Å². The van der Waals surface area contributed by atoms with Crippen LogP contribution in [0.15, 0.2) is 0 Å². The molecule has 3 nitrogen and oxygen atoms in total. The van der Waals surface area contributed by atoms with Gasteiger partial charge in [0.25, 0.3) is 0 Å². The molecule has 0 bridgehead atoms. The Hall–Kier alpha value is -0.120. The molecule has 2 unspecified atom stereocenters. The zero-order chi connectivity index (χ0) is 12.6. The van der Waals surface area contributed by atoms with Crippen molar-refractivity contribution in [3.05, 3.63) is 0 Å². The SMILES string of the molecule is CCN(CC)CC1C(N)C(C)(C)OC1(C)C. The van der Waals surface area contributed by atoms with Crippen LogP contribution >= 0.6 is 0 Å². The Bertz CT molecular complexity index is 234. The largest absolute Gasteiger partial charge is 0.368 e. The average Bonchev–Trinajstić information content (AvgIpc) is 2.30. The van der Waals surface area contributed by atoms with E-state index in [1.165, 1.54) is 0 Å². The number of rotatable bonds is 4. The van der Waals surface area contributed by atoms with Gasteiger partial charge in [-0.25, -0.2) is 0 Å². The van der Waals surface area contributed by atoms with Gasteiger partial charge in [-0.15, -0.1) is 0 Å². The summed E-state index contributed by atoms with van der Waals surface area (Å²) < 4.78 is 6.10. The predicted octanol–water partition coefficient (Wildman–Crippen LogP) is 1.86. The molecule has 0 saturated carbocycles. The maximum absolute atomic E-state index is 6.34. The second-order valence-electron chi connectivity index (χ2n) is 5.93. The Morgan fingerprint density at radius 2 is 1.56 bits per heavy atom. The van der Waals surface area contributed by atoms with Crippen LogP contribution in [0.2, 0.25) is 0 Å². The first kappa shape index (κ1) is 13.9. The van der Waals surface area contributed by atoms with Crippen LogP contribution < -0.4 is 5.73 Å². The van der Waals surface area contributed by atoms with E-state index in [1.807, 2.05) is 0 Å². The predicted molar refractivity (Wildman–Crippen MR) is 68.5 cm³/mol. The van der Waals surface area contributed by atoms with E-state index in [1.54, 1.807) is 0 Å². The highest BCUT2D eigenvalue weighted by atomic mass is 16.5. The van der Waals surface area contributed by atoms with Gasteiger partial charge in [-0.2, -0.15) is 0 Å². The van der Waals surface area contributed by atoms with Crippen LogP contribution in [0.5, 0.6) is 0 Å². The summed E-state index contributed by atoms with van der Waals surface area (Å²) in [6, 6.07) is 0.114. The maximum atomic E-state index is 6.34. The van der Waals surface area contributed by atoms with Gasteiger partial charge in [-0.1, -0.05) is 13.8 Å². The highest BCUT2D eigenvalue weighted by Gasteiger charge is 2.52. The molecule has 1 heterocycles. The summed E-state index contributed by atoms with van der Waals surface area (Å²) in [5.41, 5.74) is 6.01. The summed E-state index contributed by atoms with van der Waals surface area (Å²) in [7, 11) is 0. The Kier molecular flexibility index (Phi) is 4.04. The molecule has 16 heavy (non-hydrogen) atoms. The molecule has 1 aliphatic heterocycles. The lowest BCUT2D eigenvalue weighted by molar-refractivity contribution is -0.0783. The van der Waals surface area contributed by atoms with E-state index >= 15 is 0 Å². The lowest BCUT2D eigenvalue weighted by Crippen LogP contribution is -2.48. The molecule has 0 aromatic heterocycles. The third-order valence-corrected chi connectivity index (χ3v) is 4.00. The number of ether oxygens (including phenoxy) is 1. The standard InChI is InChI=1S/C13H28N2O/c1-7-15(8-2)9-10-11(14)13(5,6)16-12(10,3)4/h10-11H,7-9,14H2,1-6H3. The molecule has 1 rings (SSSR count). The molecule has 0 amide bonds. The molecule has 1 aliphatic rings. The summed E-state index contributed by atoms with van der Waals surface area (Å²) in [5.74, 6) is 0.405. The van der Waals surface area contributed by atoms with Crippen LogP contribution in [0.1, 0.15) is 41.5 Å². The number of hydrogen-bond donors (Lipinski definition) is 1. The van der Waals surface area contributed by atoms with E-state index in [0.29, 0.717) is 5.92 Å². The van der Waals surface area contributed by atoms with Crippen molar-refractivity contribution in [3.8, 4) is 0 Å². The molecule has 2 atom stereocenters. The van der Waals surface area contributed by atoms with E-state index in [0.717, 1.165) is 19.6 Å². The van der Waals surface area contributed by atoms with E-state index in [4.69, 9.17) is 10.5 Å². The van der Waals surface area contributed by atoms with Gasteiger partial charge >= 0.3 is 0 Å². The van der Waals surface area contributed by atoms with Gasteiger partial charge in [0.2, 0.25) is 0 Å². The summed E-state index contributed by atoms with van der Waals surface area (Å²) in [6.07, 6.45) is 0. The van der Waals surface area contributed by atoms with Crippen LogP contribution in [0.3, 0.4) is 0 Å². The third kappa shape index (κ3) is 2.58. The van der Waals surface area contributed by atoms with Crippen LogP contribution in [0, 0.1) is 5.92 Å². The minimum Gasteiger partial charge on any atom is -0.368 e. The van der Waals surface area contributed by atoms with Gasteiger partial charge < -0.3 is 15.4 Å². The first-order valence-corrected chi connectivity index (χ1v) is 6.42. The lowest BCUT2D eigenvalue weighted by Gasteiger charge is -2.32. The van der Waals surface area contributed by atoms with Crippen LogP contribution in [0.4, 0.5) is 0 Å². The third-order valence-electron chi connectivity index (χ3n) is 4.00. The topological polar surface area (TPSA) is 38.5 Å². The average molecular weight is 228 g/mol. The van der Waals surface area contributed by atoms with Gasteiger partial charge in [-0.05, 0) is 40.8 Å². The van der Waals surface area contributed by atoms with Crippen LogP contribution in [-0.4, -0.2) is 41.8 Å². The fourth-order valence-corrected chi connectivity index (χ4v) is 2.83. The lowest BCUT2D eigenvalue weighted by atomic mass is 9.82. The highest BCUT2D eigenvalue weighted by Crippen LogP contribution is 2.41. The fraction of sp³-hybridized carbons (Fsp3) is 1.00. The Morgan fingerprint density at radius 1 is 1.06 bits per heavy atom. The molecule has 0 spiro atoms.